The molecule has 2 heteroatoms. The van der Waals surface area contributed by atoms with E-state index in [4.69, 9.17) is 6.85 Å². The topological polar surface area (TPSA) is 36.7 Å². The minimum atomic E-state index is -2.39. The van der Waals surface area contributed by atoms with Gasteiger partial charge in [0, 0.05) is 18.6 Å². The van der Waals surface area contributed by atoms with Gasteiger partial charge in [-0.1, -0.05) is 45.0 Å². The van der Waals surface area contributed by atoms with Gasteiger partial charge in [-0.05, 0) is 35.8 Å². The second kappa shape index (κ2) is 5.46. The highest BCUT2D eigenvalue weighted by Crippen LogP contribution is 2.24. The molecule has 0 amide bonds. The Morgan fingerprint density at radius 3 is 2.55 bits per heavy atom. The number of rotatable bonds is 2. The number of aryl methyl sites for hydroxylation is 1. The van der Waals surface area contributed by atoms with Gasteiger partial charge < -0.3 is 0 Å². The van der Waals surface area contributed by atoms with Crippen LogP contribution in [0, 0.1) is 23.6 Å². The molecule has 0 radical (unpaired) electrons. The zero-order valence-corrected chi connectivity index (χ0v) is 11.9. The molecule has 0 bridgehead atoms. The van der Waals surface area contributed by atoms with Crippen LogP contribution in [0.1, 0.15) is 44.3 Å². The molecule has 0 saturated heterocycles. The minimum Gasteiger partial charge on any atom is -0.256 e. The van der Waals surface area contributed by atoms with Crippen LogP contribution in [0.5, 0.6) is 0 Å². The average Bonchev–Trinajstić information content (AvgIpc) is 2.52. The molecule has 2 aromatic rings. The molecule has 0 N–H and O–H groups in total. The predicted octanol–water partition coefficient (Wildman–Crippen LogP) is 4.52. The highest BCUT2D eigenvalue weighted by atomic mass is 14.7. The molecular weight excluding hydrogens is 244 g/mol. The summed E-state index contributed by atoms with van der Waals surface area (Å²) < 4.78 is 38.9. The Bertz CT molecular complexity index is 809. The van der Waals surface area contributed by atoms with Gasteiger partial charge in [0.15, 0.2) is 0 Å². The highest BCUT2D eigenvalue weighted by Gasteiger charge is 2.11. The van der Waals surface area contributed by atoms with E-state index >= 15 is 0 Å². The first-order valence-electron chi connectivity index (χ1n) is 8.89. The van der Waals surface area contributed by atoms with Crippen molar-refractivity contribution in [2.24, 2.45) is 5.41 Å². The van der Waals surface area contributed by atoms with Gasteiger partial charge in [0.2, 0.25) is 0 Å². The molecule has 0 atom stereocenters. The molecule has 1 heterocycles. The van der Waals surface area contributed by atoms with Crippen molar-refractivity contribution in [3.63, 3.8) is 0 Å². The Balaban J connectivity index is 2.43. The number of nitriles is 1. The van der Waals surface area contributed by atoms with E-state index in [1.54, 1.807) is 24.3 Å². The number of aromatic nitrogens is 1. The maximum Gasteiger partial charge on any atom is 0.0995 e. The van der Waals surface area contributed by atoms with Crippen molar-refractivity contribution in [2.75, 3.05) is 0 Å². The molecule has 0 fully saturated rings. The lowest BCUT2D eigenvalue weighted by Gasteiger charge is -2.18. The lowest BCUT2D eigenvalue weighted by Crippen LogP contribution is -2.08. The monoisotopic (exact) mass is 269 g/mol. The molecule has 102 valence electrons. The minimum absolute atomic E-state index is 0.0686. The number of benzene rings is 1. The maximum atomic E-state index is 9.22. The summed E-state index contributed by atoms with van der Waals surface area (Å²) in [6.07, 6.45) is -0.287. The fourth-order valence-corrected chi connectivity index (χ4v) is 1.86. The van der Waals surface area contributed by atoms with Crippen LogP contribution in [0.2, 0.25) is 0 Å². The number of pyridine rings is 1. The van der Waals surface area contributed by atoms with E-state index in [0.29, 0.717) is 16.8 Å². The van der Waals surface area contributed by atoms with Gasteiger partial charge >= 0.3 is 0 Å². The smallest absolute Gasteiger partial charge is 0.0995 e. The zero-order valence-electron chi connectivity index (χ0n) is 16.9. The summed E-state index contributed by atoms with van der Waals surface area (Å²) in [5.41, 5.74) is 1.18. The molecule has 0 aliphatic heterocycles. The Labute approximate surface area is 128 Å². The number of hydrogen-bond donors (Lipinski definition) is 0. The molecule has 2 rings (SSSR count). The molecule has 2 nitrogen and oxygen atoms in total. The number of hydrogen-bond acceptors (Lipinski definition) is 2. The molecular formula is C18H20N2. The van der Waals surface area contributed by atoms with Crippen LogP contribution >= 0.6 is 0 Å². The summed E-state index contributed by atoms with van der Waals surface area (Å²) in [6.45, 7) is 3.14. The Hall–Kier alpha value is -2.14. The molecule has 0 aliphatic rings. The van der Waals surface area contributed by atoms with Crippen LogP contribution in [0.15, 0.2) is 36.5 Å². The van der Waals surface area contributed by atoms with Crippen LogP contribution in [0.4, 0.5) is 0 Å². The van der Waals surface area contributed by atoms with Crippen LogP contribution in [-0.2, 0) is 6.37 Å². The van der Waals surface area contributed by atoms with Gasteiger partial charge in [-0.2, -0.15) is 5.26 Å². The fourth-order valence-electron chi connectivity index (χ4n) is 1.86. The first kappa shape index (κ1) is 8.92. The second-order valence-electron chi connectivity index (χ2n) is 5.68. The second-order valence-corrected chi connectivity index (χ2v) is 5.68. The van der Waals surface area contributed by atoms with Gasteiger partial charge in [-0.15, -0.1) is 0 Å². The van der Waals surface area contributed by atoms with Crippen molar-refractivity contribution in [1.82, 2.24) is 4.98 Å². The van der Waals surface area contributed by atoms with Gasteiger partial charge in [-0.25, -0.2) is 0 Å². The van der Waals surface area contributed by atoms with E-state index < -0.39 is 18.6 Å². The third-order valence-corrected chi connectivity index (χ3v) is 2.72. The van der Waals surface area contributed by atoms with E-state index in [-0.39, 0.29) is 11.1 Å². The van der Waals surface area contributed by atoms with Crippen LogP contribution in [0.25, 0.3) is 11.3 Å². The standard InChI is InChI=1S/C18H20N2/c1-13-12-20-17(9-16(13)11-19)15-7-5-14(6-8-15)10-18(2,3)4/h5-9,12H,10H2,1-4H3/i1D3,10D2. The summed E-state index contributed by atoms with van der Waals surface area (Å²) >= 11 is 0. The average molecular weight is 269 g/mol. The van der Waals surface area contributed by atoms with Crippen molar-refractivity contribution in [3.05, 3.63) is 53.2 Å². The van der Waals surface area contributed by atoms with E-state index in [1.807, 2.05) is 26.8 Å². The normalized spacial score (nSPS) is 16.2. The SMILES string of the molecule is [2H]C([2H])([2H])c1cnc(-c2ccc(C([2H])([2H])C(C)(C)C)cc2)cc1C#N. The van der Waals surface area contributed by atoms with Crippen molar-refractivity contribution >= 4 is 0 Å². The molecule has 20 heavy (non-hydrogen) atoms. The molecule has 0 aliphatic carbocycles. The summed E-state index contributed by atoms with van der Waals surface area (Å²) in [5.74, 6) is 0. The zero-order chi connectivity index (χ0) is 19.0. The molecule has 0 unspecified atom stereocenters. The van der Waals surface area contributed by atoms with E-state index in [0.717, 1.165) is 0 Å². The first-order valence-corrected chi connectivity index (χ1v) is 6.39. The summed E-state index contributed by atoms with van der Waals surface area (Å²) in [4.78, 5) is 4.16. The van der Waals surface area contributed by atoms with Crippen molar-refractivity contribution in [2.45, 2.75) is 34.0 Å². The van der Waals surface area contributed by atoms with Crippen molar-refractivity contribution < 1.29 is 6.85 Å². The Morgan fingerprint density at radius 1 is 1.30 bits per heavy atom. The third kappa shape index (κ3) is 3.45. The molecule has 0 saturated carbocycles. The summed E-state index contributed by atoms with van der Waals surface area (Å²) in [7, 11) is 0. The fraction of sp³-hybridized carbons (Fsp3) is 0.333. The number of nitrogens with zero attached hydrogens (tertiary/aromatic N) is 2. The van der Waals surface area contributed by atoms with Crippen LogP contribution < -0.4 is 0 Å². The molecule has 0 spiro atoms. The van der Waals surface area contributed by atoms with E-state index in [2.05, 4.69) is 4.98 Å². The summed E-state index contributed by atoms with van der Waals surface area (Å²) in [5, 5.41) is 9.22. The maximum absolute atomic E-state index is 9.22. The third-order valence-electron chi connectivity index (χ3n) is 2.72. The highest BCUT2D eigenvalue weighted by molar-refractivity contribution is 5.62. The Morgan fingerprint density at radius 2 is 2.00 bits per heavy atom. The van der Waals surface area contributed by atoms with Gasteiger partial charge in [0.05, 0.1) is 17.3 Å². The van der Waals surface area contributed by atoms with Gasteiger partial charge in [0.1, 0.15) is 0 Å². The van der Waals surface area contributed by atoms with Crippen LogP contribution in [0.3, 0.4) is 0 Å². The van der Waals surface area contributed by atoms with E-state index in [9.17, 15) is 5.26 Å². The molecule has 1 aromatic carbocycles. The Kier molecular flexibility index (Phi) is 2.44. The van der Waals surface area contributed by atoms with Crippen LogP contribution in [-0.4, -0.2) is 4.98 Å². The molecule has 1 aromatic heterocycles. The lowest BCUT2D eigenvalue weighted by atomic mass is 9.88. The van der Waals surface area contributed by atoms with Gasteiger partial charge in [-0.3, -0.25) is 4.98 Å². The summed E-state index contributed by atoms with van der Waals surface area (Å²) in [6, 6.07) is 10.2. The largest absolute Gasteiger partial charge is 0.256 e. The van der Waals surface area contributed by atoms with Crippen molar-refractivity contribution in [1.29, 1.82) is 5.26 Å². The van der Waals surface area contributed by atoms with E-state index in [1.165, 1.54) is 12.3 Å². The lowest BCUT2D eigenvalue weighted by molar-refractivity contribution is 0.411. The van der Waals surface area contributed by atoms with Gasteiger partial charge in [0.25, 0.3) is 0 Å². The first-order chi connectivity index (χ1) is 11.4. The van der Waals surface area contributed by atoms with Crippen molar-refractivity contribution in [3.8, 4) is 17.3 Å². The predicted molar refractivity (Wildman–Crippen MR) is 82.3 cm³/mol. The quantitative estimate of drug-likeness (QED) is 0.804.